The number of carbonyl (C=O) groups is 1. The molecule has 3 aromatic carbocycles. The Morgan fingerprint density at radius 2 is 1.82 bits per heavy atom. The zero-order chi connectivity index (χ0) is 26.0. The molecule has 2 atom stereocenters. The number of piperazine rings is 1. The van der Waals surface area contributed by atoms with Crippen molar-refractivity contribution in [3.05, 3.63) is 65.7 Å². The van der Waals surface area contributed by atoms with E-state index in [1.54, 1.807) is 14.2 Å². The third kappa shape index (κ3) is 3.40. The second-order valence-electron chi connectivity index (χ2n) is 10.6. The van der Waals surface area contributed by atoms with Gasteiger partial charge in [-0.25, -0.2) is 0 Å². The van der Waals surface area contributed by atoms with Crippen LogP contribution in [-0.4, -0.2) is 68.5 Å². The largest absolute Gasteiger partial charge is 0.497 e. The molecule has 2 fully saturated rings. The average Bonchev–Trinajstić information content (AvgIpc) is 3.47. The topological polar surface area (TPSA) is 82.7 Å². The first-order valence-corrected chi connectivity index (χ1v) is 13.1. The fourth-order valence-electron chi connectivity index (χ4n) is 6.31. The monoisotopic (exact) mass is 509 g/mol. The van der Waals surface area contributed by atoms with E-state index in [0.717, 1.165) is 88.8 Å². The molecule has 0 unspecified atom stereocenters. The quantitative estimate of drug-likeness (QED) is 0.416. The number of nitrogens with one attached hydrogen (secondary N) is 2. The van der Waals surface area contributed by atoms with Crippen LogP contribution in [0.3, 0.4) is 0 Å². The Balaban J connectivity index is 1.19. The van der Waals surface area contributed by atoms with E-state index in [1.807, 2.05) is 18.2 Å². The van der Waals surface area contributed by atoms with Crippen molar-refractivity contribution in [3.8, 4) is 22.8 Å². The van der Waals surface area contributed by atoms with Crippen molar-refractivity contribution in [3.63, 3.8) is 0 Å². The van der Waals surface area contributed by atoms with Crippen molar-refractivity contribution in [1.82, 2.24) is 15.1 Å². The molecule has 1 amide bonds. The molecule has 2 aliphatic heterocycles. The van der Waals surface area contributed by atoms with Crippen molar-refractivity contribution in [2.45, 2.75) is 17.8 Å². The molecule has 1 spiro atoms. The number of amides is 1. The van der Waals surface area contributed by atoms with Crippen molar-refractivity contribution in [1.29, 1.82) is 0 Å². The number of aromatic amines is 1. The maximum atomic E-state index is 13.1. The molecule has 0 radical (unpaired) electrons. The molecule has 1 aromatic heterocycles. The Bertz CT molecular complexity index is 1570. The lowest BCUT2D eigenvalue weighted by atomic mass is 9.91. The fraction of sp³-hybridized carbons (Fsp3) is 0.333. The van der Waals surface area contributed by atoms with Gasteiger partial charge in [0.05, 0.1) is 30.8 Å². The lowest BCUT2D eigenvalue weighted by Gasteiger charge is -2.34. The van der Waals surface area contributed by atoms with E-state index in [0.29, 0.717) is 0 Å². The standard InChI is InChI=1S/C30H31N5O3/c1-34-10-12-35(13-11-34)26-9-5-19(15-27(26)38-3)28-21-7-4-18(14-25(21)32-33-28)23-17-30(23)22-16-20(37-2)6-8-24(22)31-29(30)36/h4-9,14-16,23H,10-13,17H2,1-3H3,(H,31,36)(H,32,33)/t23-,30-/m0/s1. The zero-order valence-corrected chi connectivity index (χ0v) is 21.9. The van der Waals surface area contributed by atoms with Gasteiger partial charge in [-0.2, -0.15) is 5.10 Å². The number of nitrogens with zero attached hydrogens (tertiary/aromatic N) is 3. The van der Waals surface area contributed by atoms with E-state index in [2.05, 4.69) is 68.8 Å². The van der Waals surface area contributed by atoms with E-state index < -0.39 is 5.41 Å². The average molecular weight is 510 g/mol. The summed E-state index contributed by atoms with van der Waals surface area (Å²) in [4.78, 5) is 17.8. The lowest BCUT2D eigenvalue weighted by Crippen LogP contribution is -2.44. The van der Waals surface area contributed by atoms with Crippen LogP contribution in [0.15, 0.2) is 54.6 Å². The highest BCUT2D eigenvalue weighted by molar-refractivity contribution is 6.10. The van der Waals surface area contributed by atoms with Crippen LogP contribution >= 0.6 is 0 Å². The SMILES string of the molecule is COc1ccc2c(c1)[C@]1(C[C@H]1c1ccc3c(-c4ccc(N5CCN(C)CC5)c(OC)c4)n[nH]c3c1)C(=O)N2. The summed E-state index contributed by atoms with van der Waals surface area (Å²) in [7, 11) is 5.54. The van der Waals surface area contributed by atoms with Gasteiger partial charge in [-0.3, -0.25) is 9.89 Å². The Labute approximate surface area is 221 Å². The highest BCUT2D eigenvalue weighted by Crippen LogP contribution is 2.65. The van der Waals surface area contributed by atoms with Gasteiger partial charge in [0.1, 0.15) is 17.2 Å². The first kappa shape index (κ1) is 23.1. The maximum absolute atomic E-state index is 13.1. The predicted octanol–water partition coefficient (Wildman–Crippen LogP) is 4.38. The van der Waals surface area contributed by atoms with E-state index in [4.69, 9.17) is 9.47 Å². The summed E-state index contributed by atoms with van der Waals surface area (Å²) in [5.41, 5.74) is 6.53. The van der Waals surface area contributed by atoms with Crippen LogP contribution in [0.5, 0.6) is 11.5 Å². The number of rotatable bonds is 5. The minimum atomic E-state index is -0.521. The molecule has 8 nitrogen and oxygen atoms in total. The Hall–Kier alpha value is -4.04. The Kier molecular flexibility index (Phi) is 5.16. The predicted molar refractivity (Wildman–Crippen MR) is 148 cm³/mol. The van der Waals surface area contributed by atoms with Crippen LogP contribution in [0.4, 0.5) is 11.4 Å². The number of methoxy groups -OCH3 is 2. The number of aromatic nitrogens is 2. The molecule has 3 aliphatic rings. The minimum Gasteiger partial charge on any atom is -0.497 e. The van der Waals surface area contributed by atoms with Crippen LogP contribution < -0.4 is 19.7 Å². The molecule has 1 saturated heterocycles. The minimum absolute atomic E-state index is 0.0729. The zero-order valence-electron chi connectivity index (χ0n) is 21.9. The van der Waals surface area contributed by atoms with E-state index >= 15 is 0 Å². The van der Waals surface area contributed by atoms with Crippen molar-refractivity contribution in [2.24, 2.45) is 0 Å². The molecule has 3 heterocycles. The highest BCUT2D eigenvalue weighted by Gasteiger charge is 2.65. The van der Waals surface area contributed by atoms with Gasteiger partial charge in [-0.15, -0.1) is 0 Å². The van der Waals surface area contributed by atoms with Crippen molar-refractivity contribution in [2.75, 3.05) is 57.7 Å². The Morgan fingerprint density at radius 3 is 2.61 bits per heavy atom. The number of carbonyl (C=O) groups excluding carboxylic acids is 1. The van der Waals surface area contributed by atoms with Crippen LogP contribution in [0.25, 0.3) is 22.2 Å². The van der Waals surface area contributed by atoms with E-state index in [9.17, 15) is 4.79 Å². The third-order valence-corrected chi connectivity index (χ3v) is 8.61. The maximum Gasteiger partial charge on any atom is 0.235 e. The highest BCUT2D eigenvalue weighted by atomic mass is 16.5. The van der Waals surface area contributed by atoms with E-state index in [1.165, 1.54) is 0 Å². The number of H-pyrrole nitrogens is 1. The first-order valence-electron chi connectivity index (χ1n) is 13.1. The second kappa shape index (κ2) is 8.49. The third-order valence-electron chi connectivity index (χ3n) is 8.61. The van der Waals surface area contributed by atoms with Gasteiger partial charge in [-0.1, -0.05) is 18.2 Å². The van der Waals surface area contributed by atoms with Gasteiger partial charge in [0.25, 0.3) is 0 Å². The smallest absolute Gasteiger partial charge is 0.235 e. The van der Waals surface area contributed by atoms with Crippen LogP contribution in [-0.2, 0) is 10.2 Å². The van der Waals surface area contributed by atoms with Gasteiger partial charge in [-0.05, 0) is 61.0 Å². The van der Waals surface area contributed by atoms with Gasteiger partial charge in [0.2, 0.25) is 5.91 Å². The molecule has 7 rings (SSSR count). The molecule has 8 heteroatoms. The first-order chi connectivity index (χ1) is 18.5. The number of ether oxygens (including phenoxy) is 2. The lowest BCUT2D eigenvalue weighted by molar-refractivity contribution is -0.118. The molecule has 1 saturated carbocycles. The summed E-state index contributed by atoms with van der Waals surface area (Å²) in [6, 6.07) is 18.6. The summed E-state index contributed by atoms with van der Waals surface area (Å²) in [6.45, 7) is 4.05. The number of hydrogen-bond donors (Lipinski definition) is 2. The summed E-state index contributed by atoms with van der Waals surface area (Å²) < 4.78 is 11.2. The molecule has 2 N–H and O–H groups in total. The second-order valence-corrected chi connectivity index (χ2v) is 10.6. The number of likely N-dealkylation sites (N-methyl/N-ethyl adjacent to an activating group) is 1. The van der Waals surface area contributed by atoms with Gasteiger partial charge in [0.15, 0.2) is 0 Å². The van der Waals surface area contributed by atoms with Crippen molar-refractivity contribution >= 4 is 28.2 Å². The summed E-state index contributed by atoms with van der Waals surface area (Å²) in [5.74, 6) is 1.83. The Morgan fingerprint density at radius 1 is 0.974 bits per heavy atom. The van der Waals surface area contributed by atoms with Crippen molar-refractivity contribution < 1.29 is 14.3 Å². The normalized spacial score (nSPS) is 22.6. The van der Waals surface area contributed by atoms with Crippen LogP contribution in [0.2, 0.25) is 0 Å². The van der Waals surface area contributed by atoms with Gasteiger partial charge < -0.3 is 24.6 Å². The fourth-order valence-corrected chi connectivity index (χ4v) is 6.31. The molecule has 0 bridgehead atoms. The summed E-state index contributed by atoms with van der Waals surface area (Å²) >= 11 is 0. The number of anilines is 2. The molecule has 4 aromatic rings. The summed E-state index contributed by atoms with van der Waals surface area (Å²) in [6.07, 6.45) is 0.788. The van der Waals surface area contributed by atoms with Gasteiger partial charge >= 0.3 is 0 Å². The summed E-state index contributed by atoms with van der Waals surface area (Å²) in [5, 5.41) is 12.0. The van der Waals surface area contributed by atoms with Gasteiger partial charge in [0, 0.05) is 48.7 Å². The van der Waals surface area contributed by atoms with Crippen LogP contribution in [0.1, 0.15) is 23.5 Å². The number of benzene rings is 3. The molecular formula is C30H31N5O3. The van der Waals surface area contributed by atoms with E-state index in [-0.39, 0.29) is 11.8 Å². The number of hydrogen-bond acceptors (Lipinski definition) is 6. The molecular weight excluding hydrogens is 478 g/mol. The molecule has 38 heavy (non-hydrogen) atoms. The molecule has 1 aliphatic carbocycles. The number of fused-ring (bicyclic) bond motifs is 3. The molecule has 194 valence electrons. The van der Waals surface area contributed by atoms with Crippen LogP contribution in [0, 0.1) is 0 Å².